The first-order valence-corrected chi connectivity index (χ1v) is 11.7. The zero-order chi connectivity index (χ0) is 24.3. The Morgan fingerprint density at radius 1 is 1.00 bits per heavy atom. The Morgan fingerprint density at radius 3 is 2.15 bits per heavy atom. The Balaban J connectivity index is 2.02. The maximum Gasteiger partial charge on any atom is 0.272 e. The predicted octanol–water partition coefficient (Wildman–Crippen LogP) is 5.60. The molecule has 0 saturated heterocycles. The van der Waals surface area contributed by atoms with E-state index in [4.69, 9.17) is 9.47 Å². The van der Waals surface area contributed by atoms with Gasteiger partial charge in [-0.05, 0) is 61.9 Å². The summed E-state index contributed by atoms with van der Waals surface area (Å²) in [6.07, 6.45) is 2.31. The van der Waals surface area contributed by atoms with E-state index < -0.39 is 0 Å². The molecule has 2 aromatic rings. The molecule has 6 heteroatoms. The van der Waals surface area contributed by atoms with Gasteiger partial charge in [0.15, 0.2) is 11.5 Å². The minimum absolute atomic E-state index is 0.142. The molecule has 178 valence electrons. The summed E-state index contributed by atoms with van der Waals surface area (Å²) in [6.45, 7) is 14.5. The number of carbonyl (C=O) groups excluding carboxylic acids is 2. The summed E-state index contributed by atoms with van der Waals surface area (Å²) in [5.41, 5.74) is 6.67. The van der Waals surface area contributed by atoms with Gasteiger partial charge in [0.05, 0.1) is 6.04 Å². The highest BCUT2D eigenvalue weighted by Gasteiger charge is 2.35. The number of aryl methyl sites for hydroxylation is 3. The number of nitrogens with one attached hydrogen (secondary N) is 1. The molecule has 6 nitrogen and oxygen atoms in total. The highest BCUT2D eigenvalue weighted by Crippen LogP contribution is 2.35. The van der Waals surface area contributed by atoms with Gasteiger partial charge in [0.2, 0.25) is 6.79 Å². The highest BCUT2D eigenvalue weighted by atomic mass is 16.7. The molecule has 2 amide bonds. The quantitative estimate of drug-likeness (QED) is 0.580. The van der Waals surface area contributed by atoms with Crippen molar-refractivity contribution in [2.75, 3.05) is 6.79 Å². The molecule has 0 spiro atoms. The Morgan fingerprint density at radius 2 is 1.61 bits per heavy atom. The zero-order valence-corrected chi connectivity index (χ0v) is 20.9. The lowest BCUT2D eigenvalue weighted by Gasteiger charge is -2.40. The van der Waals surface area contributed by atoms with Gasteiger partial charge in [0.25, 0.3) is 11.8 Å². The normalized spacial score (nSPS) is 13.5. The average molecular weight is 453 g/mol. The number of benzene rings is 2. The smallest absolute Gasteiger partial charge is 0.272 e. The van der Waals surface area contributed by atoms with Crippen molar-refractivity contribution in [3.8, 4) is 11.5 Å². The third-order valence-corrected chi connectivity index (χ3v) is 6.01. The summed E-state index contributed by atoms with van der Waals surface area (Å²) in [7, 11) is 0. The first-order chi connectivity index (χ1) is 15.5. The first kappa shape index (κ1) is 24.6. The van der Waals surface area contributed by atoms with Gasteiger partial charge in [-0.25, -0.2) is 5.01 Å². The monoisotopic (exact) mass is 452 g/mol. The van der Waals surface area contributed by atoms with Crippen molar-refractivity contribution in [3.63, 3.8) is 0 Å². The third kappa shape index (κ3) is 5.49. The van der Waals surface area contributed by atoms with Crippen molar-refractivity contribution < 1.29 is 19.1 Å². The molecule has 0 unspecified atom stereocenters. The van der Waals surface area contributed by atoms with Crippen LogP contribution in [0.4, 0.5) is 0 Å². The molecule has 0 saturated carbocycles. The van der Waals surface area contributed by atoms with E-state index in [1.165, 1.54) is 0 Å². The molecule has 0 bridgehead atoms. The number of rotatable bonds is 6. The number of fused-ring (bicyclic) bond motifs is 1. The second-order valence-electron chi connectivity index (χ2n) is 9.88. The Hall–Kier alpha value is -3.02. The van der Waals surface area contributed by atoms with Crippen molar-refractivity contribution in [1.82, 2.24) is 10.4 Å². The lowest BCUT2D eigenvalue weighted by atomic mass is 9.83. The highest BCUT2D eigenvalue weighted by molar-refractivity contribution is 6.00. The number of hydrogen-bond acceptors (Lipinski definition) is 4. The van der Waals surface area contributed by atoms with Crippen LogP contribution < -0.4 is 14.9 Å². The standard InChI is InChI=1S/C27H36N2O4/c1-8-10-24(27(5,6)7)29(26(31)20-12-17(3)11-18(4)13-20)28-25(30)21-15-23-22(32-16-33-23)14-19(21)9-2/h11-15,24H,8-10,16H2,1-7H3,(H,28,30)/t24-/m1/s1. The molecule has 1 heterocycles. The second kappa shape index (κ2) is 9.86. The molecule has 1 N–H and O–H groups in total. The van der Waals surface area contributed by atoms with Gasteiger partial charge >= 0.3 is 0 Å². The number of carbonyl (C=O) groups is 2. The maximum atomic E-state index is 13.8. The van der Waals surface area contributed by atoms with Crippen LogP contribution in [0.25, 0.3) is 0 Å². The van der Waals surface area contributed by atoms with E-state index in [0.717, 1.165) is 29.5 Å². The molecule has 1 atom stereocenters. The molecule has 0 aliphatic carbocycles. The van der Waals surface area contributed by atoms with Crippen molar-refractivity contribution in [1.29, 1.82) is 0 Å². The molecule has 0 aromatic heterocycles. The zero-order valence-electron chi connectivity index (χ0n) is 20.9. The molecule has 0 radical (unpaired) electrons. The Kier molecular flexibility index (Phi) is 7.35. The number of amides is 2. The largest absolute Gasteiger partial charge is 0.454 e. The van der Waals surface area contributed by atoms with Crippen LogP contribution in [-0.4, -0.2) is 29.7 Å². The van der Waals surface area contributed by atoms with Crippen molar-refractivity contribution >= 4 is 11.8 Å². The summed E-state index contributed by atoms with van der Waals surface area (Å²) in [6, 6.07) is 9.16. The maximum absolute atomic E-state index is 13.8. The SMILES string of the molecule is CCC[C@@H](N(NC(=O)c1cc2c(cc1CC)OCO2)C(=O)c1cc(C)cc(C)c1)C(C)(C)C. The van der Waals surface area contributed by atoms with E-state index in [2.05, 4.69) is 33.1 Å². The fraction of sp³-hybridized carbons (Fsp3) is 0.481. The van der Waals surface area contributed by atoms with E-state index in [9.17, 15) is 9.59 Å². The molecule has 3 rings (SSSR count). The Bertz CT molecular complexity index is 1020. The first-order valence-electron chi connectivity index (χ1n) is 11.7. The van der Waals surface area contributed by atoms with E-state index in [-0.39, 0.29) is 30.1 Å². The minimum atomic E-state index is -0.326. The van der Waals surface area contributed by atoms with Crippen molar-refractivity contribution in [3.05, 3.63) is 58.1 Å². The van der Waals surface area contributed by atoms with E-state index in [1.54, 1.807) is 11.1 Å². The number of nitrogens with zero attached hydrogens (tertiary/aromatic N) is 1. The lowest BCUT2D eigenvalue weighted by molar-refractivity contribution is 0.0270. The second-order valence-corrected chi connectivity index (χ2v) is 9.88. The van der Waals surface area contributed by atoms with Crippen LogP contribution in [0.2, 0.25) is 0 Å². The van der Waals surface area contributed by atoms with Crippen LogP contribution in [-0.2, 0) is 6.42 Å². The number of hydrazine groups is 1. The van der Waals surface area contributed by atoms with Crippen LogP contribution >= 0.6 is 0 Å². The van der Waals surface area contributed by atoms with E-state index >= 15 is 0 Å². The van der Waals surface area contributed by atoms with Gasteiger partial charge in [-0.1, -0.05) is 58.2 Å². The topological polar surface area (TPSA) is 67.9 Å². The summed E-state index contributed by atoms with van der Waals surface area (Å²) in [5, 5.41) is 1.55. The number of hydrogen-bond donors (Lipinski definition) is 1. The van der Waals surface area contributed by atoms with Crippen LogP contribution in [0.1, 0.15) is 84.9 Å². The fourth-order valence-corrected chi connectivity index (χ4v) is 4.39. The van der Waals surface area contributed by atoms with Gasteiger partial charge in [-0.3, -0.25) is 15.0 Å². The van der Waals surface area contributed by atoms with Gasteiger partial charge in [-0.2, -0.15) is 0 Å². The molecule has 1 aliphatic rings. The summed E-state index contributed by atoms with van der Waals surface area (Å²) >= 11 is 0. The van der Waals surface area contributed by atoms with E-state index in [1.807, 2.05) is 45.0 Å². The average Bonchev–Trinajstić information content (AvgIpc) is 3.20. The van der Waals surface area contributed by atoms with E-state index in [0.29, 0.717) is 29.0 Å². The minimum Gasteiger partial charge on any atom is -0.454 e. The van der Waals surface area contributed by atoms with Gasteiger partial charge < -0.3 is 9.47 Å². The summed E-state index contributed by atoms with van der Waals surface area (Å²) in [5.74, 6) is 0.658. The predicted molar refractivity (Wildman–Crippen MR) is 130 cm³/mol. The third-order valence-electron chi connectivity index (χ3n) is 6.01. The van der Waals surface area contributed by atoms with Crippen molar-refractivity contribution in [2.45, 2.75) is 73.8 Å². The van der Waals surface area contributed by atoms with Crippen LogP contribution in [0.5, 0.6) is 11.5 Å². The molecular formula is C27H36N2O4. The van der Waals surface area contributed by atoms with Crippen LogP contribution in [0.15, 0.2) is 30.3 Å². The van der Waals surface area contributed by atoms with Gasteiger partial charge in [0.1, 0.15) is 0 Å². The van der Waals surface area contributed by atoms with Gasteiger partial charge in [0, 0.05) is 11.1 Å². The van der Waals surface area contributed by atoms with Crippen LogP contribution in [0.3, 0.4) is 0 Å². The Labute approximate surface area is 197 Å². The summed E-state index contributed by atoms with van der Waals surface area (Å²) < 4.78 is 11.0. The molecule has 1 aliphatic heterocycles. The summed E-state index contributed by atoms with van der Waals surface area (Å²) in [4.78, 5) is 27.3. The molecule has 2 aromatic carbocycles. The molecular weight excluding hydrogens is 416 g/mol. The van der Waals surface area contributed by atoms with Crippen molar-refractivity contribution in [2.24, 2.45) is 5.41 Å². The number of ether oxygens (including phenoxy) is 2. The van der Waals surface area contributed by atoms with Crippen LogP contribution in [0, 0.1) is 19.3 Å². The molecule has 0 fully saturated rings. The fourth-order valence-electron chi connectivity index (χ4n) is 4.39. The lowest BCUT2D eigenvalue weighted by Crippen LogP contribution is -2.56. The van der Waals surface area contributed by atoms with Gasteiger partial charge in [-0.15, -0.1) is 0 Å². The molecule has 33 heavy (non-hydrogen) atoms.